The van der Waals surface area contributed by atoms with E-state index in [9.17, 15) is 14.0 Å². The molecule has 0 aliphatic rings. The van der Waals surface area contributed by atoms with Crippen molar-refractivity contribution < 1.29 is 23.5 Å². The van der Waals surface area contributed by atoms with E-state index >= 15 is 0 Å². The molecule has 0 saturated carbocycles. The van der Waals surface area contributed by atoms with Gasteiger partial charge in [0.2, 0.25) is 0 Å². The fourth-order valence-corrected chi connectivity index (χ4v) is 1.83. The number of carbonyl (C=O) groups is 2. The van der Waals surface area contributed by atoms with Gasteiger partial charge in [-0.25, -0.2) is 9.18 Å². The Balaban J connectivity index is 1.86. The van der Waals surface area contributed by atoms with Gasteiger partial charge in [-0.05, 0) is 43.3 Å². The van der Waals surface area contributed by atoms with Crippen LogP contribution in [0.5, 0.6) is 5.75 Å². The van der Waals surface area contributed by atoms with Gasteiger partial charge in [0.15, 0.2) is 6.61 Å². The molecule has 0 radical (unpaired) electrons. The molecule has 0 aliphatic carbocycles. The van der Waals surface area contributed by atoms with E-state index in [1.807, 2.05) is 0 Å². The molecule has 2 amide bonds. The van der Waals surface area contributed by atoms with Gasteiger partial charge < -0.3 is 14.8 Å². The molecule has 2 aromatic carbocycles. The zero-order chi connectivity index (χ0) is 17.4. The average Bonchev–Trinajstić information content (AvgIpc) is 2.56. The molecule has 0 unspecified atom stereocenters. The summed E-state index contributed by atoms with van der Waals surface area (Å²) in [5.74, 6) is -0.348. The molecule has 2 aromatic rings. The molecule has 0 aromatic heterocycles. The van der Waals surface area contributed by atoms with Gasteiger partial charge in [0.1, 0.15) is 11.6 Å². The predicted octanol–water partition coefficient (Wildman–Crippen LogP) is 3.41. The fraction of sp³-hybridized carbons (Fsp3) is 0.176. The van der Waals surface area contributed by atoms with E-state index in [0.29, 0.717) is 17.1 Å². The Labute approximate surface area is 138 Å². The highest BCUT2D eigenvalue weighted by Gasteiger charge is 2.06. The maximum Gasteiger partial charge on any atom is 0.411 e. The molecule has 0 saturated heterocycles. The van der Waals surface area contributed by atoms with Crippen LogP contribution < -0.4 is 15.4 Å². The summed E-state index contributed by atoms with van der Waals surface area (Å²) >= 11 is 0. The van der Waals surface area contributed by atoms with Crippen molar-refractivity contribution in [3.63, 3.8) is 0 Å². The molecular weight excluding hydrogens is 315 g/mol. The quantitative estimate of drug-likeness (QED) is 0.850. The van der Waals surface area contributed by atoms with Crippen molar-refractivity contribution in [2.24, 2.45) is 0 Å². The van der Waals surface area contributed by atoms with E-state index in [-0.39, 0.29) is 24.9 Å². The summed E-state index contributed by atoms with van der Waals surface area (Å²) in [6.07, 6.45) is -0.566. The number of halogens is 1. The molecular formula is C17H17FN2O4. The van der Waals surface area contributed by atoms with Crippen LogP contribution in [0.1, 0.15) is 6.92 Å². The molecule has 6 nitrogen and oxygen atoms in total. The van der Waals surface area contributed by atoms with E-state index in [4.69, 9.17) is 9.47 Å². The van der Waals surface area contributed by atoms with E-state index < -0.39 is 6.09 Å². The first kappa shape index (κ1) is 17.3. The molecule has 2 N–H and O–H groups in total. The molecule has 0 bridgehead atoms. The van der Waals surface area contributed by atoms with E-state index in [1.165, 1.54) is 24.3 Å². The number of benzene rings is 2. The minimum absolute atomic E-state index is 0.222. The number of ether oxygens (including phenoxy) is 2. The molecule has 24 heavy (non-hydrogen) atoms. The predicted molar refractivity (Wildman–Crippen MR) is 87.6 cm³/mol. The van der Waals surface area contributed by atoms with Gasteiger partial charge >= 0.3 is 6.09 Å². The third-order valence-electron chi connectivity index (χ3n) is 2.85. The van der Waals surface area contributed by atoms with Crippen molar-refractivity contribution in [3.05, 3.63) is 54.3 Å². The zero-order valence-corrected chi connectivity index (χ0v) is 13.0. The average molecular weight is 332 g/mol. The Morgan fingerprint density at radius 2 is 1.79 bits per heavy atom. The Morgan fingerprint density at radius 3 is 2.50 bits per heavy atom. The minimum atomic E-state index is -0.566. The number of anilines is 2. The lowest BCUT2D eigenvalue weighted by molar-refractivity contribution is -0.118. The second-order valence-corrected chi connectivity index (χ2v) is 4.72. The molecule has 0 atom stereocenters. The number of hydrogen-bond donors (Lipinski definition) is 2. The van der Waals surface area contributed by atoms with Crippen LogP contribution in [0.25, 0.3) is 0 Å². The van der Waals surface area contributed by atoms with Crippen LogP contribution in [0.2, 0.25) is 0 Å². The van der Waals surface area contributed by atoms with Crippen molar-refractivity contribution in [2.75, 3.05) is 23.8 Å². The fourth-order valence-electron chi connectivity index (χ4n) is 1.83. The zero-order valence-electron chi connectivity index (χ0n) is 13.0. The summed E-state index contributed by atoms with van der Waals surface area (Å²) in [4.78, 5) is 23.2. The molecule has 0 spiro atoms. The van der Waals surface area contributed by atoms with Crippen molar-refractivity contribution in [1.82, 2.24) is 0 Å². The van der Waals surface area contributed by atoms with Crippen molar-refractivity contribution in [1.29, 1.82) is 0 Å². The number of rotatable bonds is 6. The minimum Gasteiger partial charge on any atom is -0.484 e. The maximum absolute atomic E-state index is 12.8. The largest absolute Gasteiger partial charge is 0.484 e. The van der Waals surface area contributed by atoms with Crippen LogP contribution in [0, 0.1) is 5.82 Å². The van der Waals surface area contributed by atoms with Crippen LogP contribution in [0.4, 0.5) is 20.6 Å². The van der Waals surface area contributed by atoms with Gasteiger partial charge in [-0.1, -0.05) is 6.07 Å². The van der Waals surface area contributed by atoms with E-state index in [0.717, 1.165) is 0 Å². The monoisotopic (exact) mass is 332 g/mol. The Bertz CT molecular complexity index is 704. The SMILES string of the molecule is CCOC(=O)Nc1cccc(OCC(=O)Nc2ccc(F)cc2)c1. The standard InChI is InChI=1S/C17H17FN2O4/c1-2-23-17(22)20-14-4-3-5-15(10-14)24-11-16(21)19-13-8-6-12(18)7-9-13/h3-10H,2,11H2,1H3,(H,19,21)(H,20,22). The molecule has 7 heteroatoms. The third kappa shape index (κ3) is 5.60. The van der Waals surface area contributed by atoms with Gasteiger partial charge in [0.25, 0.3) is 5.91 Å². The highest BCUT2D eigenvalue weighted by Crippen LogP contribution is 2.17. The van der Waals surface area contributed by atoms with Crippen LogP contribution in [-0.2, 0) is 9.53 Å². The van der Waals surface area contributed by atoms with E-state index in [2.05, 4.69) is 10.6 Å². The van der Waals surface area contributed by atoms with Crippen molar-refractivity contribution in [2.45, 2.75) is 6.92 Å². The lowest BCUT2D eigenvalue weighted by Gasteiger charge is -2.09. The third-order valence-corrected chi connectivity index (χ3v) is 2.85. The van der Waals surface area contributed by atoms with Gasteiger partial charge in [0, 0.05) is 17.4 Å². The summed E-state index contributed by atoms with van der Waals surface area (Å²) in [5, 5.41) is 5.12. The van der Waals surface area contributed by atoms with Gasteiger partial charge in [-0.2, -0.15) is 0 Å². The van der Waals surface area contributed by atoms with Crippen LogP contribution in [0.3, 0.4) is 0 Å². The summed E-state index contributed by atoms with van der Waals surface area (Å²) < 4.78 is 22.9. The summed E-state index contributed by atoms with van der Waals surface area (Å²) in [6, 6.07) is 12.0. The smallest absolute Gasteiger partial charge is 0.411 e. The highest BCUT2D eigenvalue weighted by molar-refractivity contribution is 5.91. The highest BCUT2D eigenvalue weighted by atomic mass is 19.1. The van der Waals surface area contributed by atoms with Crippen LogP contribution >= 0.6 is 0 Å². The Hall–Kier alpha value is -3.09. The topological polar surface area (TPSA) is 76.7 Å². The lowest BCUT2D eigenvalue weighted by Crippen LogP contribution is -2.20. The van der Waals surface area contributed by atoms with Gasteiger partial charge in [-0.15, -0.1) is 0 Å². The van der Waals surface area contributed by atoms with Gasteiger partial charge in [-0.3, -0.25) is 10.1 Å². The second kappa shape index (κ2) is 8.52. The number of nitrogens with one attached hydrogen (secondary N) is 2. The number of amides is 2. The first-order valence-corrected chi connectivity index (χ1v) is 7.29. The summed E-state index contributed by atoms with van der Waals surface area (Å²) in [7, 11) is 0. The van der Waals surface area contributed by atoms with E-state index in [1.54, 1.807) is 31.2 Å². The molecule has 126 valence electrons. The van der Waals surface area contributed by atoms with Gasteiger partial charge in [0.05, 0.1) is 6.61 Å². The molecule has 2 rings (SSSR count). The lowest BCUT2D eigenvalue weighted by atomic mass is 10.3. The van der Waals surface area contributed by atoms with Crippen LogP contribution in [0.15, 0.2) is 48.5 Å². The first-order chi connectivity index (χ1) is 11.6. The Morgan fingerprint density at radius 1 is 1.04 bits per heavy atom. The maximum atomic E-state index is 12.8. The number of carbonyl (C=O) groups excluding carboxylic acids is 2. The molecule has 0 fully saturated rings. The number of hydrogen-bond acceptors (Lipinski definition) is 4. The normalized spacial score (nSPS) is 9.92. The molecule has 0 aliphatic heterocycles. The summed E-state index contributed by atoms with van der Waals surface area (Å²) in [6.45, 7) is 1.75. The molecule has 0 heterocycles. The van der Waals surface area contributed by atoms with Crippen molar-refractivity contribution in [3.8, 4) is 5.75 Å². The second-order valence-electron chi connectivity index (χ2n) is 4.72. The summed E-state index contributed by atoms with van der Waals surface area (Å²) in [5.41, 5.74) is 0.965. The van der Waals surface area contributed by atoms with Crippen LogP contribution in [-0.4, -0.2) is 25.2 Å². The van der Waals surface area contributed by atoms with Crippen molar-refractivity contribution >= 4 is 23.4 Å². The first-order valence-electron chi connectivity index (χ1n) is 7.29. The Kier molecular flexibility index (Phi) is 6.13.